The molecule has 1 N–H and O–H groups in total. The van der Waals surface area contributed by atoms with Crippen LogP contribution in [0.1, 0.15) is 32.6 Å². The smallest absolute Gasteiger partial charge is 0.0750 e. The quantitative estimate of drug-likeness (QED) is 0.491. The van der Waals surface area contributed by atoms with Crippen molar-refractivity contribution in [2.45, 2.75) is 38.7 Å². The molecule has 1 fully saturated rings. The normalized spacial score (nSPS) is 33.1. The summed E-state index contributed by atoms with van der Waals surface area (Å²) in [6.45, 7) is 2.00. The number of aliphatic hydroxyl groups excluding tert-OH is 1. The molecular formula is C8H14O. The third-order valence-corrected chi connectivity index (χ3v) is 1.99. The third-order valence-electron chi connectivity index (χ3n) is 1.99. The zero-order valence-corrected chi connectivity index (χ0v) is 5.93. The van der Waals surface area contributed by atoms with Crippen LogP contribution in [0.15, 0.2) is 11.6 Å². The van der Waals surface area contributed by atoms with Crippen molar-refractivity contribution >= 4 is 0 Å². The lowest BCUT2D eigenvalue weighted by atomic mass is 9.92. The maximum Gasteiger partial charge on any atom is 0.0750 e. The van der Waals surface area contributed by atoms with Gasteiger partial charge in [0, 0.05) is 0 Å². The number of aliphatic hydroxyl groups is 1. The molecule has 0 aromatic carbocycles. The van der Waals surface area contributed by atoms with Crippen molar-refractivity contribution in [2.75, 3.05) is 0 Å². The van der Waals surface area contributed by atoms with Crippen LogP contribution >= 0.6 is 0 Å². The first-order chi connectivity index (χ1) is 4.34. The van der Waals surface area contributed by atoms with E-state index in [-0.39, 0.29) is 6.10 Å². The van der Waals surface area contributed by atoms with Gasteiger partial charge in [0.1, 0.15) is 0 Å². The summed E-state index contributed by atoms with van der Waals surface area (Å²) in [6, 6.07) is 0. The van der Waals surface area contributed by atoms with Crippen LogP contribution in [-0.4, -0.2) is 11.2 Å². The SMILES string of the molecule is C/C=C1/CCCCC1O. The van der Waals surface area contributed by atoms with E-state index in [0.717, 1.165) is 12.8 Å². The molecule has 1 nitrogen and oxygen atoms in total. The summed E-state index contributed by atoms with van der Waals surface area (Å²) in [4.78, 5) is 0. The van der Waals surface area contributed by atoms with E-state index in [4.69, 9.17) is 0 Å². The van der Waals surface area contributed by atoms with Gasteiger partial charge in [0.2, 0.25) is 0 Å². The van der Waals surface area contributed by atoms with Gasteiger partial charge in [-0.2, -0.15) is 0 Å². The van der Waals surface area contributed by atoms with Gasteiger partial charge in [-0.1, -0.05) is 12.5 Å². The molecule has 0 radical (unpaired) electrons. The van der Waals surface area contributed by atoms with E-state index >= 15 is 0 Å². The lowest BCUT2D eigenvalue weighted by Crippen LogP contribution is -2.14. The minimum absolute atomic E-state index is 0.122. The predicted molar refractivity (Wildman–Crippen MR) is 38.2 cm³/mol. The van der Waals surface area contributed by atoms with E-state index in [1.807, 2.05) is 13.0 Å². The van der Waals surface area contributed by atoms with E-state index in [1.54, 1.807) is 0 Å². The highest BCUT2D eigenvalue weighted by molar-refractivity contribution is 5.08. The highest BCUT2D eigenvalue weighted by Gasteiger charge is 2.13. The van der Waals surface area contributed by atoms with Crippen molar-refractivity contribution in [3.63, 3.8) is 0 Å². The molecule has 1 atom stereocenters. The summed E-state index contributed by atoms with van der Waals surface area (Å²) < 4.78 is 0. The molecule has 0 aromatic heterocycles. The molecule has 1 saturated carbocycles. The topological polar surface area (TPSA) is 20.2 Å². The Hall–Kier alpha value is -0.300. The predicted octanol–water partition coefficient (Wildman–Crippen LogP) is 1.87. The average molecular weight is 126 g/mol. The molecule has 0 amide bonds. The molecule has 0 saturated heterocycles. The Morgan fingerprint density at radius 3 is 2.78 bits per heavy atom. The van der Waals surface area contributed by atoms with Crippen LogP contribution in [0.25, 0.3) is 0 Å². The summed E-state index contributed by atoms with van der Waals surface area (Å²) in [5, 5.41) is 9.30. The fraction of sp³-hybridized carbons (Fsp3) is 0.750. The third kappa shape index (κ3) is 1.55. The first kappa shape index (κ1) is 6.81. The van der Waals surface area contributed by atoms with Crippen molar-refractivity contribution in [1.82, 2.24) is 0 Å². The van der Waals surface area contributed by atoms with Crippen molar-refractivity contribution in [3.05, 3.63) is 11.6 Å². The average Bonchev–Trinajstić information content (AvgIpc) is 1.89. The second kappa shape index (κ2) is 3.02. The molecule has 0 aliphatic heterocycles. The van der Waals surface area contributed by atoms with E-state index in [2.05, 4.69) is 0 Å². The summed E-state index contributed by atoms with van der Waals surface area (Å²) in [5.41, 5.74) is 1.24. The van der Waals surface area contributed by atoms with E-state index in [0.29, 0.717) is 0 Å². The van der Waals surface area contributed by atoms with Gasteiger partial charge in [-0.15, -0.1) is 0 Å². The lowest BCUT2D eigenvalue weighted by Gasteiger charge is -2.19. The van der Waals surface area contributed by atoms with Crippen LogP contribution in [0.4, 0.5) is 0 Å². The van der Waals surface area contributed by atoms with Crippen LogP contribution in [0, 0.1) is 0 Å². The van der Waals surface area contributed by atoms with Gasteiger partial charge in [-0.05, 0) is 31.8 Å². The minimum atomic E-state index is -0.122. The number of allylic oxidation sites excluding steroid dienone is 1. The molecule has 52 valence electrons. The maximum absolute atomic E-state index is 9.30. The number of rotatable bonds is 0. The summed E-state index contributed by atoms with van der Waals surface area (Å²) in [5.74, 6) is 0. The zero-order valence-electron chi connectivity index (χ0n) is 5.93. The van der Waals surface area contributed by atoms with Crippen LogP contribution in [0.5, 0.6) is 0 Å². The van der Waals surface area contributed by atoms with Gasteiger partial charge in [-0.3, -0.25) is 0 Å². The molecule has 1 unspecified atom stereocenters. The van der Waals surface area contributed by atoms with Crippen LogP contribution in [0.2, 0.25) is 0 Å². The van der Waals surface area contributed by atoms with Crippen LogP contribution in [0.3, 0.4) is 0 Å². The summed E-state index contributed by atoms with van der Waals surface area (Å²) >= 11 is 0. The van der Waals surface area contributed by atoms with E-state index in [1.165, 1.54) is 18.4 Å². The fourth-order valence-corrected chi connectivity index (χ4v) is 1.36. The van der Waals surface area contributed by atoms with Gasteiger partial charge >= 0.3 is 0 Å². The van der Waals surface area contributed by atoms with Gasteiger partial charge in [0.25, 0.3) is 0 Å². The Morgan fingerprint density at radius 1 is 1.56 bits per heavy atom. The lowest BCUT2D eigenvalue weighted by molar-refractivity contribution is 0.178. The fourth-order valence-electron chi connectivity index (χ4n) is 1.36. The summed E-state index contributed by atoms with van der Waals surface area (Å²) in [7, 11) is 0. The molecule has 0 heterocycles. The highest BCUT2D eigenvalue weighted by atomic mass is 16.3. The minimum Gasteiger partial charge on any atom is -0.389 e. The Balaban J connectivity index is 2.49. The molecule has 0 spiro atoms. The largest absolute Gasteiger partial charge is 0.389 e. The van der Waals surface area contributed by atoms with E-state index < -0.39 is 0 Å². The molecule has 1 heteroatoms. The Kier molecular flexibility index (Phi) is 2.29. The van der Waals surface area contributed by atoms with Gasteiger partial charge < -0.3 is 5.11 Å². The molecule has 9 heavy (non-hydrogen) atoms. The van der Waals surface area contributed by atoms with Crippen molar-refractivity contribution < 1.29 is 5.11 Å². The first-order valence-electron chi connectivity index (χ1n) is 3.67. The summed E-state index contributed by atoms with van der Waals surface area (Å²) in [6.07, 6.45) is 6.46. The highest BCUT2D eigenvalue weighted by Crippen LogP contribution is 2.22. The monoisotopic (exact) mass is 126 g/mol. The molecule has 1 aliphatic carbocycles. The zero-order chi connectivity index (χ0) is 6.69. The first-order valence-corrected chi connectivity index (χ1v) is 3.67. The molecular weight excluding hydrogens is 112 g/mol. The van der Waals surface area contributed by atoms with Crippen LogP contribution < -0.4 is 0 Å². The van der Waals surface area contributed by atoms with Gasteiger partial charge in [-0.25, -0.2) is 0 Å². The standard InChI is InChI=1S/C8H14O/c1-2-7-5-3-4-6-8(7)9/h2,8-9H,3-6H2,1H3/b7-2-. The Labute approximate surface area is 56.4 Å². The van der Waals surface area contributed by atoms with Gasteiger partial charge in [0.05, 0.1) is 6.10 Å². The Morgan fingerprint density at radius 2 is 2.33 bits per heavy atom. The van der Waals surface area contributed by atoms with Crippen LogP contribution in [-0.2, 0) is 0 Å². The molecule has 0 bridgehead atoms. The maximum atomic E-state index is 9.30. The van der Waals surface area contributed by atoms with Crippen molar-refractivity contribution in [2.24, 2.45) is 0 Å². The van der Waals surface area contributed by atoms with Gasteiger partial charge in [0.15, 0.2) is 0 Å². The molecule has 0 aromatic rings. The van der Waals surface area contributed by atoms with Crippen molar-refractivity contribution in [3.8, 4) is 0 Å². The second-order valence-corrected chi connectivity index (χ2v) is 2.63. The Bertz CT molecular complexity index is 116. The molecule has 1 aliphatic rings. The second-order valence-electron chi connectivity index (χ2n) is 2.63. The number of hydrogen-bond acceptors (Lipinski definition) is 1. The van der Waals surface area contributed by atoms with E-state index in [9.17, 15) is 5.11 Å². The number of hydrogen-bond donors (Lipinski definition) is 1. The molecule has 1 rings (SSSR count). The van der Waals surface area contributed by atoms with Crippen molar-refractivity contribution in [1.29, 1.82) is 0 Å².